The first-order valence-electron chi connectivity index (χ1n) is 5.30. The van der Waals surface area contributed by atoms with E-state index in [1.807, 2.05) is 36.4 Å². The molecule has 16 heavy (non-hydrogen) atoms. The first-order valence-corrected chi connectivity index (χ1v) is 5.30. The highest BCUT2D eigenvalue weighted by Gasteiger charge is 2.11. The molecule has 0 aliphatic heterocycles. The van der Waals surface area contributed by atoms with Gasteiger partial charge in [0.2, 0.25) is 0 Å². The first kappa shape index (κ1) is 12.3. The molecule has 0 unspecified atom stereocenters. The molecule has 1 aromatic rings. The summed E-state index contributed by atoms with van der Waals surface area (Å²) in [7, 11) is 0. The summed E-state index contributed by atoms with van der Waals surface area (Å²) < 4.78 is 5.05. The van der Waals surface area contributed by atoms with Gasteiger partial charge < -0.3 is 4.74 Å². The van der Waals surface area contributed by atoms with E-state index in [9.17, 15) is 4.79 Å². The van der Waals surface area contributed by atoms with Crippen molar-refractivity contribution in [2.45, 2.75) is 32.3 Å². The number of benzene rings is 1. The number of esters is 1. The molecule has 1 aromatic carbocycles. The minimum absolute atomic E-state index is 0.256. The van der Waals surface area contributed by atoms with E-state index in [0.717, 1.165) is 6.42 Å². The minimum atomic E-state index is -0.326. The Morgan fingerprint density at radius 2 is 2.12 bits per heavy atom. The number of hydrogen-bond acceptors (Lipinski definition) is 3. The fourth-order valence-corrected chi connectivity index (χ4v) is 1.51. The van der Waals surface area contributed by atoms with Gasteiger partial charge in [0, 0.05) is 6.92 Å². The maximum atomic E-state index is 10.8. The smallest absolute Gasteiger partial charge is 0.302 e. The number of nitriles is 1. The Morgan fingerprint density at radius 3 is 2.69 bits per heavy atom. The van der Waals surface area contributed by atoms with Gasteiger partial charge in [-0.05, 0) is 18.4 Å². The fourth-order valence-electron chi connectivity index (χ4n) is 1.51. The zero-order valence-electron chi connectivity index (χ0n) is 9.35. The van der Waals surface area contributed by atoms with Crippen LogP contribution in [0.15, 0.2) is 30.3 Å². The van der Waals surface area contributed by atoms with E-state index in [0.29, 0.717) is 6.42 Å². The predicted molar refractivity (Wildman–Crippen MR) is 60.5 cm³/mol. The van der Waals surface area contributed by atoms with Gasteiger partial charge in [-0.15, -0.1) is 0 Å². The summed E-state index contributed by atoms with van der Waals surface area (Å²) in [6.45, 7) is 1.37. The van der Waals surface area contributed by atoms with Crippen molar-refractivity contribution in [3.05, 3.63) is 35.9 Å². The van der Waals surface area contributed by atoms with Crippen LogP contribution in [-0.2, 0) is 16.0 Å². The third-order valence-electron chi connectivity index (χ3n) is 2.25. The average Bonchev–Trinajstić information content (AvgIpc) is 2.27. The Balaban J connectivity index is 2.44. The zero-order chi connectivity index (χ0) is 11.8. The summed E-state index contributed by atoms with van der Waals surface area (Å²) >= 11 is 0. The molecule has 0 heterocycles. The molecule has 0 saturated heterocycles. The Hall–Kier alpha value is -1.82. The molecule has 3 heteroatoms. The van der Waals surface area contributed by atoms with Gasteiger partial charge in [0.1, 0.15) is 6.10 Å². The molecule has 0 N–H and O–H groups in total. The van der Waals surface area contributed by atoms with Crippen LogP contribution < -0.4 is 0 Å². The highest BCUT2D eigenvalue weighted by Crippen LogP contribution is 2.10. The van der Waals surface area contributed by atoms with Crippen LogP contribution in [-0.4, -0.2) is 12.1 Å². The Kier molecular flexibility index (Phi) is 5.07. The van der Waals surface area contributed by atoms with Gasteiger partial charge >= 0.3 is 5.97 Å². The molecule has 0 aliphatic rings. The highest BCUT2D eigenvalue weighted by molar-refractivity contribution is 5.66. The van der Waals surface area contributed by atoms with Gasteiger partial charge in [0.15, 0.2) is 0 Å². The number of ether oxygens (including phenoxy) is 1. The monoisotopic (exact) mass is 217 g/mol. The molecule has 0 saturated carbocycles. The molecule has 3 nitrogen and oxygen atoms in total. The van der Waals surface area contributed by atoms with Crippen molar-refractivity contribution in [2.75, 3.05) is 0 Å². The van der Waals surface area contributed by atoms with Gasteiger partial charge in [-0.1, -0.05) is 30.3 Å². The second-order valence-corrected chi connectivity index (χ2v) is 3.62. The van der Waals surface area contributed by atoms with Crippen molar-refractivity contribution in [1.82, 2.24) is 0 Å². The maximum absolute atomic E-state index is 10.8. The van der Waals surface area contributed by atoms with Crippen molar-refractivity contribution < 1.29 is 9.53 Å². The lowest BCUT2D eigenvalue weighted by atomic mass is 10.1. The normalized spacial score (nSPS) is 11.5. The summed E-state index contributed by atoms with van der Waals surface area (Å²) in [6.07, 6.45) is 1.48. The van der Waals surface area contributed by atoms with Gasteiger partial charge in [-0.25, -0.2) is 0 Å². The number of carbonyl (C=O) groups is 1. The lowest BCUT2D eigenvalue weighted by Gasteiger charge is -2.13. The number of rotatable bonds is 5. The van der Waals surface area contributed by atoms with Crippen LogP contribution in [0.3, 0.4) is 0 Å². The molecule has 0 aliphatic carbocycles. The molecule has 0 spiro atoms. The molecule has 0 amide bonds. The topological polar surface area (TPSA) is 50.1 Å². The summed E-state index contributed by atoms with van der Waals surface area (Å²) in [5, 5.41) is 8.61. The van der Waals surface area contributed by atoms with Crippen LogP contribution in [0.25, 0.3) is 0 Å². The van der Waals surface area contributed by atoms with Gasteiger partial charge in [0.05, 0.1) is 12.5 Å². The van der Waals surface area contributed by atoms with Gasteiger partial charge in [-0.2, -0.15) is 5.26 Å². The molecule has 0 radical (unpaired) electrons. The van der Waals surface area contributed by atoms with Crippen LogP contribution in [0.2, 0.25) is 0 Å². The highest BCUT2D eigenvalue weighted by atomic mass is 16.5. The van der Waals surface area contributed by atoms with E-state index in [2.05, 4.69) is 0 Å². The van der Waals surface area contributed by atoms with Crippen molar-refractivity contribution in [2.24, 2.45) is 0 Å². The predicted octanol–water partition coefficient (Wildman–Crippen LogP) is 2.46. The molecular weight excluding hydrogens is 202 g/mol. The van der Waals surface area contributed by atoms with Gasteiger partial charge in [0.25, 0.3) is 0 Å². The summed E-state index contributed by atoms with van der Waals surface area (Å²) in [6, 6.07) is 12.0. The molecule has 84 valence electrons. The second-order valence-electron chi connectivity index (χ2n) is 3.62. The Morgan fingerprint density at radius 1 is 1.44 bits per heavy atom. The van der Waals surface area contributed by atoms with Crippen molar-refractivity contribution in [3.8, 4) is 6.07 Å². The molecule has 1 rings (SSSR count). The quantitative estimate of drug-likeness (QED) is 0.712. The van der Waals surface area contributed by atoms with E-state index in [1.54, 1.807) is 0 Å². The molecule has 1 atom stereocenters. The van der Waals surface area contributed by atoms with Crippen LogP contribution in [0.4, 0.5) is 0 Å². The molecule has 0 aromatic heterocycles. The minimum Gasteiger partial charge on any atom is -0.461 e. The van der Waals surface area contributed by atoms with E-state index in [-0.39, 0.29) is 18.5 Å². The van der Waals surface area contributed by atoms with Crippen LogP contribution in [0.1, 0.15) is 25.3 Å². The molecule has 0 bridgehead atoms. The standard InChI is InChI=1S/C13H15NO2/c1-11(15)16-13(9-10-14)8-7-12-5-3-2-4-6-12/h2-6,13H,7-9H2,1H3/t13-/m1/s1. The lowest BCUT2D eigenvalue weighted by molar-refractivity contribution is -0.146. The first-order chi connectivity index (χ1) is 7.72. The number of nitrogens with zero attached hydrogens (tertiary/aromatic N) is 1. The number of carbonyl (C=O) groups excluding carboxylic acids is 1. The summed E-state index contributed by atoms with van der Waals surface area (Å²) in [5.74, 6) is -0.326. The zero-order valence-corrected chi connectivity index (χ0v) is 9.35. The lowest BCUT2D eigenvalue weighted by Crippen LogP contribution is -2.16. The average molecular weight is 217 g/mol. The molecular formula is C13H15NO2. The van der Waals surface area contributed by atoms with E-state index < -0.39 is 0 Å². The van der Waals surface area contributed by atoms with E-state index >= 15 is 0 Å². The Bertz CT molecular complexity index is 367. The van der Waals surface area contributed by atoms with Crippen LogP contribution in [0.5, 0.6) is 0 Å². The van der Waals surface area contributed by atoms with Crippen molar-refractivity contribution in [3.63, 3.8) is 0 Å². The fraction of sp³-hybridized carbons (Fsp3) is 0.385. The third kappa shape index (κ3) is 4.61. The third-order valence-corrected chi connectivity index (χ3v) is 2.25. The van der Waals surface area contributed by atoms with Crippen LogP contribution in [0, 0.1) is 11.3 Å². The number of hydrogen-bond donors (Lipinski definition) is 0. The summed E-state index contributed by atoms with van der Waals surface area (Å²) in [4.78, 5) is 10.8. The van der Waals surface area contributed by atoms with Gasteiger partial charge in [-0.3, -0.25) is 4.79 Å². The second kappa shape index (κ2) is 6.62. The number of aryl methyl sites for hydroxylation is 1. The largest absolute Gasteiger partial charge is 0.461 e. The van der Waals surface area contributed by atoms with Crippen LogP contribution >= 0.6 is 0 Å². The molecule has 0 fully saturated rings. The SMILES string of the molecule is CC(=O)O[C@@H](CC#N)CCc1ccccc1. The van der Waals surface area contributed by atoms with E-state index in [1.165, 1.54) is 12.5 Å². The summed E-state index contributed by atoms with van der Waals surface area (Å²) in [5.41, 5.74) is 1.19. The van der Waals surface area contributed by atoms with E-state index in [4.69, 9.17) is 10.00 Å². The van der Waals surface area contributed by atoms with Crippen molar-refractivity contribution >= 4 is 5.97 Å². The maximum Gasteiger partial charge on any atom is 0.302 e. The Labute approximate surface area is 95.7 Å². The van der Waals surface area contributed by atoms with Crippen molar-refractivity contribution in [1.29, 1.82) is 5.26 Å².